The summed E-state index contributed by atoms with van der Waals surface area (Å²) in [4.78, 5) is 28.6. The number of para-hydroxylation sites is 1. The maximum absolute atomic E-state index is 12.2. The molecule has 2 N–H and O–H groups in total. The lowest BCUT2D eigenvalue weighted by Crippen LogP contribution is -2.34. The number of hydrogen-bond acceptors (Lipinski definition) is 4. The molecule has 8 heteroatoms. The van der Waals surface area contributed by atoms with E-state index >= 15 is 0 Å². The third kappa shape index (κ3) is 5.48. The zero-order valence-corrected chi connectivity index (χ0v) is 18.5. The Morgan fingerprint density at radius 1 is 1.10 bits per heavy atom. The normalized spacial score (nSPS) is 10.6. The first-order valence-corrected chi connectivity index (χ1v) is 10.8. The number of thioether (sulfide) groups is 1. The second-order valence-corrected chi connectivity index (χ2v) is 8.19. The van der Waals surface area contributed by atoms with Crippen LogP contribution in [-0.2, 0) is 9.59 Å². The molecule has 0 fully saturated rings. The second-order valence-electron chi connectivity index (χ2n) is 6.39. The maximum atomic E-state index is 12.2. The first-order valence-electron chi connectivity index (χ1n) is 8.99. The van der Waals surface area contributed by atoms with Crippen molar-refractivity contribution < 1.29 is 9.59 Å². The molecule has 2 aromatic carbocycles. The van der Waals surface area contributed by atoms with Gasteiger partial charge in [0.05, 0.1) is 23.7 Å². The predicted molar refractivity (Wildman–Crippen MR) is 120 cm³/mol. The molecule has 150 valence electrons. The van der Waals surface area contributed by atoms with Crippen molar-refractivity contribution in [2.45, 2.75) is 19.0 Å². The van der Waals surface area contributed by atoms with Gasteiger partial charge in [0.2, 0.25) is 11.8 Å². The van der Waals surface area contributed by atoms with Crippen molar-refractivity contribution in [2.24, 2.45) is 0 Å². The van der Waals surface area contributed by atoms with E-state index in [1.165, 1.54) is 22.9 Å². The quantitative estimate of drug-likeness (QED) is 0.507. The Morgan fingerprint density at radius 3 is 2.69 bits per heavy atom. The largest absolute Gasteiger partial charge is 0.346 e. The highest BCUT2D eigenvalue weighted by Gasteiger charge is 2.12. The van der Waals surface area contributed by atoms with E-state index in [9.17, 15) is 9.59 Å². The van der Waals surface area contributed by atoms with Crippen molar-refractivity contribution in [3.8, 4) is 5.69 Å². The molecule has 1 aromatic heterocycles. The molecule has 0 spiro atoms. The van der Waals surface area contributed by atoms with Crippen LogP contribution < -0.4 is 10.6 Å². The van der Waals surface area contributed by atoms with Crippen LogP contribution in [0, 0.1) is 13.8 Å². The summed E-state index contributed by atoms with van der Waals surface area (Å²) in [5.41, 5.74) is 4.07. The van der Waals surface area contributed by atoms with Crippen LogP contribution in [0.4, 0.5) is 5.69 Å². The van der Waals surface area contributed by atoms with Gasteiger partial charge in [-0.15, -0.1) is 0 Å². The van der Waals surface area contributed by atoms with Gasteiger partial charge in [-0.3, -0.25) is 14.2 Å². The molecule has 3 rings (SSSR count). The predicted octanol–water partition coefficient (Wildman–Crippen LogP) is 4.10. The first-order chi connectivity index (χ1) is 14.0. The Bertz CT molecular complexity index is 1040. The number of aryl methyl sites for hydroxylation is 1. The van der Waals surface area contributed by atoms with Crippen molar-refractivity contribution in [2.75, 3.05) is 17.6 Å². The number of halogens is 1. The Morgan fingerprint density at radius 2 is 1.90 bits per heavy atom. The number of benzene rings is 2. The molecule has 0 aliphatic heterocycles. The lowest BCUT2D eigenvalue weighted by atomic mass is 10.1. The third-order valence-electron chi connectivity index (χ3n) is 4.37. The van der Waals surface area contributed by atoms with Crippen LogP contribution >= 0.6 is 27.7 Å². The molecule has 6 nitrogen and oxygen atoms in total. The number of carbonyl (C=O) groups is 2. The SMILES string of the molecule is Cc1cccc(-n2ccnc2SCC(=O)NCC(=O)Nc2ccccc2Br)c1C. The van der Waals surface area contributed by atoms with Crippen molar-refractivity contribution in [3.63, 3.8) is 0 Å². The minimum absolute atomic E-state index is 0.0911. The Kier molecular flexibility index (Phi) is 7.11. The molecule has 3 aromatic rings. The van der Waals surface area contributed by atoms with Crippen molar-refractivity contribution in [3.05, 3.63) is 70.5 Å². The smallest absolute Gasteiger partial charge is 0.243 e. The maximum Gasteiger partial charge on any atom is 0.243 e. The van der Waals surface area contributed by atoms with Crippen LogP contribution in [-0.4, -0.2) is 33.7 Å². The highest BCUT2D eigenvalue weighted by atomic mass is 79.9. The van der Waals surface area contributed by atoms with Crippen LogP contribution in [0.25, 0.3) is 5.69 Å². The number of carbonyl (C=O) groups excluding carboxylic acids is 2. The molecule has 0 atom stereocenters. The van der Waals surface area contributed by atoms with Gasteiger partial charge in [0.25, 0.3) is 0 Å². The fourth-order valence-corrected chi connectivity index (χ4v) is 3.87. The van der Waals surface area contributed by atoms with Crippen molar-refractivity contribution >= 4 is 45.2 Å². The lowest BCUT2D eigenvalue weighted by molar-refractivity contribution is -0.122. The summed E-state index contributed by atoms with van der Waals surface area (Å²) in [6.07, 6.45) is 3.60. The van der Waals surface area contributed by atoms with Gasteiger partial charge in [-0.05, 0) is 59.1 Å². The highest BCUT2D eigenvalue weighted by Crippen LogP contribution is 2.24. The second kappa shape index (κ2) is 9.76. The summed E-state index contributed by atoms with van der Waals surface area (Å²) >= 11 is 4.70. The van der Waals surface area contributed by atoms with Gasteiger partial charge in [-0.2, -0.15) is 0 Å². The van der Waals surface area contributed by atoms with Gasteiger partial charge in [0.1, 0.15) is 0 Å². The number of nitrogens with zero attached hydrogens (tertiary/aromatic N) is 2. The minimum Gasteiger partial charge on any atom is -0.346 e. The summed E-state index contributed by atoms with van der Waals surface area (Å²) in [7, 11) is 0. The molecule has 0 aliphatic rings. The highest BCUT2D eigenvalue weighted by molar-refractivity contribution is 9.10. The molecule has 0 bridgehead atoms. The molecule has 0 unspecified atom stereocenters. The fraction of sp³-hybridized carbons (Fsp3) is 0.190. The number of anilines is 1. The number of nitrogens with one attached hydrogen (secondary N) is 2. The van der Waals surface area contributed by atoms with E-state index in [1.54, 1.807) is 12.3 Å². The zero-order chi connectivity index (χ0) is 20.8. The minimum atomic E-state index is -0.285. The molecular weight excluding hydrogens is 452 g/mol. The van der Waals surface area contributed by atoms with Gasteiger partial charge in [0, 0.05) is 16.9 Å². The van der Waals surface area contributed by atoms with E-state index in [2.05, 4.69) is 51.5 Å². The molecule has 0 saturated heterocycles. The first kappa shape index (κ1) is 21.1. The summed E-state index contributed by atoms with van der Waals surface area (Å²) in [6, 6.07) is 13.4. The number of hydrogen-bond donors (Lipinski definition) is 2. The van der Waals surface area contributed by atoms with E-state index < -0.39 is 0 Å². The van der Waals surface area contributed by atoms with Crippen LogP contribution in [0.3, 0.4) is 0 Å². The number of aromatic nitrogens is 2. The number of imidazole rings is 1. The third-order valence-corrected chi connectivity index (χ3v) is 6.03. The summed E-state index contributed by atoms with van der Waals surface area (Å²) in [6.45, 7) is 4.04. The van der Waals surface area contributed by atoms with E-state index in [0.717, 1.165) is 15.3 Å². The number of amides is 2. The molecule has 29 heavy (non-hydrogen) atoms. The lowest BCUT2D eigenvalue weighted by Gasteiger charge is -2.12. The van der Waals surface area contributed by atoms with Crippen LogP contribution in [0.15, 0.2) is 64.5 Å². The molecule has 2 amide bonds. The molecule has 0 aliphatic carbocycles. The Balaban J connectivity index is 1.53. The van der Waals surface area contributed by atoms with Crippen LogP contribution in [0.5, 0.6) is 0 Å². The summed E-state index contributed by atoms with van der Waals surface area (Å²) in [5, 5.41) is 6.12. The van der Waals surface area contributed by atoms with Gasteiger partial charge in [-0.25, -0.2) is 4.98 Å². The van der Waals surface area contributed by atoms with Crippen molar-refractivity contribution in [1.29, 1.82) is 0 Å². The number of rotatable bonds is 7. The van der Waals surface area contributed by atoms with Gasteiger partial charge < -0.3 is 10.6 Å². The average Bonchev–Trinajstić information content (AvgIpc) is 3.17. The van der Waals surface area contributed by atoms with E-state index in [4.69, 9.17) is 0 Å². The molecule has 1 heterocycles. The Labute approximate surface area is 182 Å². The molecule has 0 radical (unpaired) electrons. The zero-order valence-electron chi connectivity index (χ0n) is 16.1. The fourth-order valence-electron chi connectivity index (χ4n) is 2.69. The van der Waals surface area contributed by atoms with E-state index in [-0.39, 0.29) is 24.1 Å². The summed E-state index contributed by atoms with van der Waals surface area (Å²) < 4.78 is 2.76. The van der Waals surface area contributed by atoms with Gasteiger partial charge >= 0.3 is 0 Å². The summed E-state index contributed by atoms with van der Waals surface area (Å²) in [5.74, 6) is -0.343. The van der Waals surface area contributed by atoms with Gasteiger partial charge in [-0.1, -0.05) is 36.0 Å². The molecular formula is C21H21BrN4O2S. The monoisotopic (exact) mass is 472 g/mol. The standard InChI is InChI=1S/C21H21BrN4O2S/c1-14-6-5-9-18(15(14)2)26-11-10-23-21(26)29-13-20(28)24-12-19(27)25-17-8-4-3-7-16(17)22/h3-11H,12-13H2,1-2H3,(H,24,28)(H,25,27). The van der Waals surface area contributed by atoms with Crippen LogP contribution in [0.2, 0.25) is 0 Å². The Hall–Kier alpha value is -2.58. The average molecular weight is 473 g/mol. The van der Waals surface area contributed by atoms with Crippen LogP contribution in [0.1, 0.15) is 11.1 Å². The van der Waals surface area contributed by atoms with Crippen molar-refractivity contribution in [1.82, 2.24) is 14.9 Å². The topological polar surface area (TPSA) is 76.0 Å². The van der Waals surface area contributed by atoms with E-state index in [0.29, 0.717) is 5.69 Å². The van der Waals surface area contributed by atoms with Gasteiger partial charge in [0.15, 0.2) is 5.16 Å². The molecule has 0 saturated carbocycles. The van der Waals surface area contributed by atoms with E-state index in [1.807, 2.05) is 41.1 Å².